The third kappa shape index (κ3) is 3.30. The van der Waals surface area contributed by atoms with Crippen LogP contribution in [0.1, 0.15) is 24.2 Å². The summed E-state index contributed by atoms with van der Waals surface area (Å²) < 4.78 is 9.43. The van der Waals surface area contributed by atoms with Crippen molar-refractivity contribution in [2.24, 2.45) is 0 Å². The van der Waals surface area contributed by atoms with Crippen molar-refractivity contribution in [1.29, 1.82) is 0 Å². The summed E-state index contributed by atoms with van der Waals surface area (Å²) in [5, 5.41) is 9.48. The number of ether oxygens (including phenoxy) is 2. The molecule has 0 saturated carbocycles. The van der Waals surface area contributed by atoms with Gasteiger partial charge in [0.1, 0.15) is 17.2 Å². The highest BCUT2D eigenvalue weighted by Crippen LogP contribution is 2.32. The Kier molecular flexibility index (Phi) is 3.82. The summed E-state index contributed by atoms with van der Waals surface area (Å²) in [4.78, 5) is 32.2. The Labute approximate surface area is 96.8 Å². The summed E-state index contributed by atoms with van der Waals surface area (Å²) in [6.45, 7) is 2.32. The molecule has 1 aromatic rings. The van der Waals surface area contributed by atoms with Crippen LogP contribution in [0, 0.1) is 0 Å². The van der Waals surface area contributed by atoms with Crippen molar-refractivity contribution in [3.8, 4) is 17.2 Å². The molecular formula is C11H10O6. The molecule has 0 aliphatic heterocycles. The number of carbonyl (C=O) groups excluding carboxylic acids is 3. The van der Waals surface area contributed by atoms with E-state index in [9.17, 15) is 19.5 Å². The van der Waals surface area contributed by atoms with Gasteiger partial charge >= 0.3 is 11.9 Å². The zero-order valence-corrected chi connectivity index (χ0v) is 9.22. The first-order valence-corrected chi connectivity index (χ1v) is 4.63. The number of hydrogen-bond acceptors (Lipinski definition) is 6. The van der Waals surface area contributed by atoms with Crippen molar-refractivity contribution in [2.45, 2.75) is 13.8 Å². The number of benzene rings is 1. The zero-order valence-electron chi connectivity index (χ0n) is 9.22. The maximum absolute atomic E-state index is 10.8. The molecule has 0 spiro atoms. The minimum Gasteiger partial charge on any atom is -0.507 e. The SMILES string of the molecule is CC(=O)Oc1cc(O)c(C=O)c(OC(C)=O)c1. The second-order valence-corrected chi connectivity index (χ2v) is 3.16. The highest BCUT2D eigenvalue weighted by molar-refractivity contribution is 5.86. The summed E-state index contributed by atoms with van der Waals surface area (Å²) >= 11 is 0. The second kappa shape index (κ2) is 5.11. The summed E-state index contributed by atoms with van der Waals surface area (Å²) in [5.74, 6) is -1.87. The van der Waals surface area contributed by atoms with E-state index in [0.29, 0.717) is 6.29 Å². The van der Waals surface area contributed by atoms with Crippen LogP contribution in [-0.2, 0) is 9.59 Å². The first-order chi connectivity index (χ1) is 7.93. The maximum Gasteiger partial charge on any atom is 0.308 e. The maximum atomic E-state index is 10.8. The molecule has 0 heterocycles. The number of aromatic hydroxyl groups is 1. The highest BCUT2D eigenvalue weighted by Gasteiger charge is 2.14. The topological polar surface area (TPSA) is 89.9 Å². The predicted octanol–water partition coefficient (Wildman–Crippen LogP) is 1.06. The van der Waals surface area contributed by atoms with Gasteiger partial charge in [0, 0.05) is 26.0 Å². The van der Waals surface area contributed by atoms with Gasteiger partial charge in [-0.25, -0.2) is 0 Å². The van der Waals surface area contributed by atoms with Gasteiger partial charge in [0.15, 0.2) is 6.29 Å². The van der Waals surface area contributed by atoms with Crippen LogP contribution in [0.2, 0.25) is 0 Å². The Morgan fingerprint density at radius 1 is 1.18 bits per heavy atom. The molecule has 1 rings (SSSR count). The predicted molar refractivity (Wildman–Crippen MR) is 56.1 cm³/mol. The van der Waals surface area contributed by atoms with E-state index in [1.807, 2.05) is 0 Å². The van der Waals surface area contributed by atoms with Crippen molar-refractivity contribution < 1.29 is 29.0 Å². The molecule has 0 bridgehead atoms. The molecular weight excluding hydrogens is 228 g/mol. The van der Waals surface area contributed by atoms with Gasteiger partial charge in [-0.2, -0.15) is 0 Å². The van der Waals surface area contributed by atoms with Crippen molar-refractivity contribution in [3.63, 3.8) is 0 Å². The van der Waals surface area contributed by atoms with E-state index in [2.05, 4.69) is 0 Å². The second-order valence-electron chi connectivity index (χ2n) is 3.16. The Morgan fingerprint density at radius 2 is 1.76 bits per heavy atom. The molecule has 0 unspecified atom stereocenters. The molecule has 0 atom stereocenters. The fourth-order valence-corrected chi connectivity index (χ4v) is 1.17. The van der Waals surface area contributed by atoms with E-state index < -0.39 is 17.7 Å². The first-order valence-electron chi connectivity index (χ1n) is 4.63. The van der Waals surface area contributed by atoms with Gasteiger partial charge < -0.3 is 14.6 Å². The lowest BCUT2D eigenvalue weighted by Gasteiger charge is -2.09. The van der Waals surface area contributed by atoms with E-state index in [1.165, 1.54) is 13.0 Å². The molecule has 0 aliphatic carbocycles. The number of aldehydes is 1. The number of esters is 2. The van der Waals surface area contributed by atoms with Crippen LogP contribution in [0.15, 0.2) is 12.1 Å². The number of phenolic OH excluding ortho intramolecular Hbond substituents is 1. The number of rotatable bonds is 3. The molecule has 0 saturated heterocycles. The molecule has 0 fully saturated rings. The summed E-state index contributed by atoms with van der Waals surface area (Å²) in [6.07, 6.45) is 0.338. The Morgan fingerprint density at radius 3 is 2.24 bits per heavy atom. The molecule has 0 aliphatic rings. The van der Waals surface area contributed by atoms with Crippen molar-refractivity contribution in [1.82, 2.24) is 0 Å². The standard InChI is InChI=1S/C11H10O6/c1-6(13)16-8-3-10(15)9(5-12)11(4-8)17-7(2)14/h3-5,15H,1-2H3. The molecule has 1 aromatic carbocycles. The fraction of sp³-hybridized carbons (Fsp3) is 0.182. The van der Waals surface area contributed by atoms with Crippen LogP contribution in [0.5, 0.6) is 17.2 Å². The lowest BCUT2D eigenvalue weighted by Crippen LogP contribution is -2.06. The smallest absolute Gasteiger partial charge is 0.308 e. The normalized spacial score (nSPS) is 9.53. The minimum absolute atomic E-state index is 0.0168. The Hall–Kier alpha value is -2.37. The lowest BCUT2D eigenvalue weighted by molar-refractivity contribution is -0.132. The molecule has 6 heteroatoms. The largest absolute Gasteiger partial charge is 0.507 e. The van der Waals surface area contributed by atoms with Gasteiger partial charge in [-0.05, 0) is 0 Å². The van der Waals surface area contributed by atoms with Gasteiger partial charge in [0.25, 0.3) is 0 Å². The fourth-order valence-electron chi connectivity index (χ4n) is 1.17. The van der Waals surface area contributed by atoms with Crippen LogP contribution in [-0.4, -0.2) is 23.3 Å². The Bertz CT molecular complexity index is 477. The minimum atomic E-state index is -0.660. The lowest BCUT2D eigenvalue weighted by atomic mass is 10.2. The molecule has 90 valence electrons. The van der Waals surface area contributed by atoms with E-state index in [0.717, 1.165) is 13.0 Å². The van der Waals surface area contributed by atoms with Crippen LogP contribution >= 0.6 is 0 Å². The van der Waals surface area contributed by atoms with Gasteiger partial charge in [0.2, 0.25) is 0 Å². The zero-order chi connectivity index (χ0) is 13.0. The van der Waals surface area contributed by atoms with Crippen LogP contribution in [0.3, 0.4) is 0 Å². The monoisotopic (exact) mass is 238 g/mol. The first kappa shape index (κ1) is 12.7. The van der Waals surface area contributed by atoms with Crippen molar-refractivity contribution in [3.05, 3.63) is 17.7 Å². The molecule has 6 nitrogen and oxygen atoms in total. The average Bonchev–Trinajstić information content (AvgIpc) is 2.14. The highest BCUT2D eigenvalue weighted by atomic mass is 16.5. The average molecular weight is 238 g/mol. The summed E-state index contributed by atoms with van der Waals surface area (Å²) in [7, 11) is 0. The van der Waals surface area contributed by atoms with E-state index >= 15 is 0 Å². The number of carbonyl (C=O) groups is 3. The summed E-state index contributed by atoms with van der Waals surface area (Å²) in [6, 6.07) is 2.25. The third-order valence-electron chi connectivity index (χ3n) is 1.73. The van der Waals surface area contributed by atoms with Gasteiger partial charge in [-0.1, -0.05) is 0 Å². The molecule has 1 N–H and O–H groups in total. The Balaban J connectivity index is 3.22. The quantitative estimate of drug-likeness (QED) is 0.481. The third-order valence-corrected chi connectivity index (χ3v) is 1.73. The van der Waals surface area contributed by atoms with Crippen LogP contribution < -0.4 is 9.47 Å². The van der Waals surface area contributed by atoms with Gasteiger partial charge in [0.05, 0.1) is 5.56 Å². The van der Waals surface area contributed by atoms with Crippen LogP contribution in [0.25, 0.3) is 0 Å². The molecule has 0 aromatic heterocycles. The van der Waals surface area contributed by atoms with E-state index in [-0.39, 0.29) is 17.1 Å². The molecule has 17 heavy (non-hydrogen) atoms. The van der Waals surface area contributed by atoms with Gasteiger partial charge in [-0.15, -0.1) is 0 Å². The van der Waals surface area contributed by atoms with Crippen LogP contribution in [0.4, 0.5) is 0 Å². The van der Waals surface area contributed by atoms with Crippen molar-refractivity contribution >= 4 is 18.2 Å². The van der Waals surface area contributed by atoms with Crippen molar-refractivity contribution in [2.75, 3.05) is 0 Å². The molecule has 0 radical (unpaired) electrons. The number of hydrogen-bond donors (Lipinski definition) is 1. The molecule has 0 amide bonds. The van der Waals surface area contributed by atoms with E-state index in [1.54, 1.807) is 0 Å². The van der Waals surface area contributed by atoms with Gasteiger partial charge in [-0.3, -0.25) is 14.4 Å². The van der Waals surface area contributed by atoms with E-state index in [4.69, 9.17) is 9.47 Å². The summed E-state index contributed by atoms with van der Waals surface area (Å²) in [5.41, 5.74) is -0.184. The number of phenols is 1.